The standard InChI is InChI=1S/C22H14N2S/c23-15-20(19-5-2-1-3-6-19)13-17-8-10-18(11-9-17)14-21(16-24)22-7-4-12-25-22/h1-14H/b20-13+,21-14-. The van der Waals surface area contributed by atoms with Gasteiger partial charge in [0.05, 0.1) is 17.2 Å². The van der Waals surface area contributed by atoms with E-state index in [2.05, 4.69) is 12.1 Å². The Balaban J connectivity index is 1.87. The molecule has 0 unspecified atom stereocenters. The van der Waals surface area contributed by atoms with Crippen molar-refractivity contribution in [1.29, 1.82) is 10.5 Å². The second-order valence-electron chi connectivity index (χ2n) is 5.35. The third kappa shape index (κ3) is 4.12. The predicted octanol–water partition coefficient (Wildman–Crippen LogP) is 5.88. The summed E-state index contributed by atoms with van der Waals surface area (Å²) in [5.74, 6) is 0. The monoisotopic (exact) mass is 338 g/mol. The maximum absolute atomic E-state index is 9.39. The van der Waals surface area contributed by atoms with Crippen LogP contribution in [0.1, 0.15) is 21.6 Å². The lowest BCUT2D eigenvalue weighted by molar-refractivity contribution is 1.52. The summed E-state index contributed by atoms with van der Waals surface area (Å²) in [6.07, 6.45) is 3.75. The van der Waals surface area contributed by atoms with E-state index in [9.17, 15) is 10.5 Å². The summed E-state index contributed by atoms with van der Waals surface area (Å²) >= 11 is 1.55. The quantitative estimate of drug-likeness (QED) is 0.441. The van der Waals surface area contributed by atoms with E-state index in [-0.39, 0.29) is 0 Å². The van der Waals surface area contributed by atoms with Gasteiger partial charge in [-0.25, -0.2) is 0 Å². The van der Waals surface area contributed by atoms with Crippen molar-refractivity contribution in [2.24, 2.45) is 0 Å². The molecule has 1 heterocycles. The Morgan fingerprint density at radius 3 is 1.84 bits per heavy atom. The summed E-state index contributed by atoms with van der Waals surface area (Å²) in [6, 6.07) is 25.8. The van der Waals surface area contributed by atoms with Gasteiger partial charge in [-0.2, -0.15) is 10.5 Å². The molecule has 2 nitrogen and oxygen atoms in total. The van der Waals surface area contributed by atoms with Gasteiger partial charge in [-0.05, 0) is 40.3 Å². The van der Waals surface area contributed by atoms with Crippen molar-refractivity contribution < 1.29 is 0 Å². The van der Waals surface area contributed by atoms with E-state index in [0.29, 0.717) is 11.1 Å². The van der Waals surface area contributed by atoms with E-state index >= 15 is 0 Å². The van der Waals surface area contributed by atoms with E-state index < -0.39 is 0 Å². The van der Waals surface area contributed by atoms with Gasteiger partial charge in [0.1, 0.15) is 6.07 Å². The number of thiophene rings is 1. The lowest BCUT2D eigenvalue weighted by atomic mass is 10.0. The first-order valence-electron chi connectivity index (χ1n) is 7.73. The second kappa shape index (κ2) is 7.93. The lowest BCUT2D eigenvalue weighted by Gasteiger charge is -2.01. The van der Waals surface area contributed by atoms with Crippen LogP contribution in [0.4, 0.5) is 0 Å². The van der Waals surface area contributed by atoms with Crippen molar-refractivity contribution in [3.8, 4) is 12.1 Å². The van der Waals surface area contributed by atoms with Crippen molar-refractivity contribution in [2.75, 3.05) is 0 Å². The van der Waals surface area contributed by atoms with Gasteiger partial charge < -0.3 is 0 Å². The van der Waals surface area contributed by atoms with Crippen molar-refractivity contribution in [1.82, 2.24) is 0 Å². The minimum Gasteiger partial charge on any atom is -0.192 e. The zero-order valence-corrected chi connectivity index (χ0v) is 14.2. The molecule has 0 saturated heterocycles. The molecule has 0 radical (unpaired) electrons. The molecule has 2 aromatic carbocycles. The van der Waals surface area contributed by atoms with E-state index in [0.717, 1.165) is 21.6 Å². The van der Waals surface area contributed by atoms with Crippen molar-refractivity contribution >= 4 is 34.6 Å². The SMILES string of the molecule is N#C/C(=C\c1ccc(/C=C(/C#N)c2cccs2)cc1)c1ccccc1. The van der Waals surface area contributed by atoms with Crippen LogP contribution in [0.5, 0.6) is 0 Å². The van der Waals surface area contributed by atoms with E-state index in [1.807, 2.05) is 84.3 Å². The van der Waals surface area contributed by atoms with Gasteiger partial charge in [-0.15, -0.1) is 11.3 Å². The van der Waals surface area contributed by atoms with Gasteiger partial charge in [0.25, 0.3) is 0 Å². The molecule has 0 aliphatic heterocycles. The molecule has 0 atom stereocenters. The summed E-state index contributed by atoms with van der Waals surface area (Å²) in [5, 5.41) is 20.7. The van der Waals surface area contributed by atoms with Gasteiger partial charge in [-0.1, -0.05) is 60.7 Å². The zero-order valence-electron chi connectivity index (χ0n) is 13.4. The third-order valence-electron chi connectivity index (χ3n) is 3.67. The molecule has 0 aliphatic carbocycles. The topological polar surface area (TPSA) is 47.6 Å². The minimum atomic E-state index is 0.625. The fraction of sp³-hybridized carbons (Fsp3) is 0. The molecule has 0 aliphatic rings. The molecular formula is C22H14N2S. The van der Waals surface area contributed by atoms with Crippen LogP contribution in [0.3, 0.4) is 0 Å². The number of nitrogens with zero attached hydrogens (tertiary/aromatic N) is 2. The maximum Gasteiger partial charge on any atom is 0.101 e. The highest BCUT2D eigenvalue weighted by Crippen LogP contribution is 2.23. The molecule has 25 heavy (non-hydrogen) atoms. The number of rotatable bonds is 4. The molecule has 3 heteroatoms. The van der Waals surface area contributed by atoms with Gasteiger partial charge in [0.15, 0.2) is 0 Å². The lowest BCUT2D eigenvalue weighted by Crippen LogP contribution is -1.82. The molecular weight excluding hydrogens is 324 g/mol. The van der Waals surface area contributed by atoms with E-state index in [1.54, 1.807) is 11.3 Å². The van der Waals surface area contributed by atoms with Crippen molar-refractivity contribution in [3.05, 3.63) is 93.7 Å². The first-order chi connectivity index (χ1) is 12.3. The smallest absolute Gasteiger partial charge is 0.101 e. The van der Waals surface area contributed by atoms with Crippen LogP contribution in [0.25, 0.3) is 23.3 Å². The van der Waals surface area contributed by atoms with Crippen molar-refractivity contribution in [2.45, 2.75) is 0 Å². The first-order valence-corrected chi connectivity index (χ1v) is 8.61. The number of hydrogen-bond donors (Lipinski definition) is 0. The molecule has 0 saturated carbocycles. The zero-order chi connectivity index (χ0) is 17.5. The summed E-state index contributed by atoms with van der Waals surface area (Å²) in [4.78, 5) is 0.960. The van der Waals surface area contributed by atoms with Crippen molar-refractivity contribution in [3.63, 3.8) is 0 Å². The second-order valence-corrected chi connectivity index (χ2v) is 6.30. The first kappa shape index (κ1) is 16.5. The molecule has 3 aromatic rings. The minimum absolute atomic E-state index is 0.625. The molecule has 0 amide bonds. The van der Waals surface area contributed by atoms with E-state index in [4.69, 9.17) is 0 Å². The summed E-state index contributed by atoms with van der Waals surface area (Å²) < 4.78 is 0. The molecule has 118 valence electrons. The summed E-state index contributed by atoms with van der Waals surface area (Å²) in [5.41, 5.74) is 4.09. The Bertz CT molecular complexity index is 981. The van der Waals surface area contributed by atoms with Crippen LogP contribution in [-0.4, -0.2) is 0 Å². The maximum atomic E-state index is 9.39. The van der Waals surface area contributed by atoms with Crippen LogP contribution < -0.4 is 0 Å². The Morgan fingerprint density at radius 2 is 1.32 bits per heavy atom. The summed E-state index contributed by atoms with van der Waals surface area (Å²) in [6.45, 7) is 0. The van der Waals surface area contributed by atoms with E-state index in [1.165, 1.54) is 0 Å². The number of allylic oxidation sites excluding steroid dienone is 2. The molecule has 3 rings (SSSR count). The Hall–Kier alpha value is -3.40. The predicted molar refractivity (Wildman–Crippen MR) is 104 cm³/mol. The normalized spacial score (nSPS) is 11.6. The fourth-order valence-electron chi connectivity index (χ4n) is 2.41. The van der Waals surface area contributed by atoms with Gasteiger partial charge in [0.2, 0.25) is 0 Å². The molecule has 0 bridgehead atoms. The van der Waals surface area contributed by atoms with Gasteiger partial charge in [0, 0.05) is 4.88 Å². The van der Waals surface area contributed by atoms with Crippen LogP contribution >= 0.6 is 11.3 Å². The van der Waals surface area contributed by atoms with Crippen LogP contribution in [0.2, 0.25) is 0 Å². The van der Waals surface area contributed by atoms with Crippen LogP contribution in [0, 0.1) is 22.7 Å². The Labute approximate surface area is 151 Å². The van der Waals surface area contributed by atoms with Gasteiger partial charge >= 0.3 is 0 Å². The molecule has 0 spiro atoms. The molecule has 0 fully saturated rings. The fourth-order valence-corrected chi connectivity index (χ4v) is 3.10. The van der Waals surface area contributed by atoms with Crippen LogP contribution in [0.15, 0.2) is 72.1 Å². The average Bonchev–Trinajstić information content (AvgIpc) is 3.20. The number of benzene rings is 2. The van der Waals surface area contributed by atoms with Gasteiger partial charge in [-0.3, -0.25) is 0 Å². The number of hydrogen-bond acceptors (Lipinski definition) is 3. The number of nitriles is 2. The molecule has 1 aromatic heterocycles. The summed E-state index contributed by atoms with van der Waals surface area (Å²) in [7, 11) is 0. The van der Waals surface area contributed by atoms with Crippen LogP contribution in [-0.2, 0) is 0 Å². The largest absolute Gasteiger partial charge is 0.192 e. The Morgan fingerprint density at radius 1 is 0.720 bits per heavy atom. The third-order valence-corrected chi connectivity index (χ3v) is 4.57. The highest BCUT2D eigenvalue weighted by molar-refractivity contribution is 7.11. The highest BCUT2D eigenvalue weighted by atomic mass is 32.1. The highest BCUT2D eigenvalue weighted by Gasteiger charge is 2.03. The Kier molecular flexibility index (Phi) is 5.22. The molecule has 0 N–H and O–H groups in total. The average molecular weight is 338 g/mol.